The first-order valence-electron chi connectivity index (χ1n) is 10.4. The molecule has 0 N–H and O–H groups in total. The van der Waals surface area contributed by atoms with E-state index in [0.29, 0.717) is 44.8 Å². The Hall–Kier alpha value is -3.29. The third-order valence-corrected chi connectivity index (χ3v) is 6.51. The van der Waals surface area contributed by atoms with Gasteiger partial charge in [-0.3, -0.25) is 14.2 Å². The molecule has 8 heteroatoms. The highest BCUT2D eigenvalue weighted by Gasteiger charge is 2.24. The number of Topliss-reactive ketones (excluding diaryl/α,β-unsaturated/α-hetero) is 1. The third-order valence-electron chi connectivity index (χ3n) is 5.28. The number of aromatic nitrogens is 2. The fraction of sp³-hybridized carbons (Fsp3) is 0.160. The molecule has 0 spiro atoms. The number of hydrogen-bond acceptors (Lipinski definition) is 6. The highest BCUT2D eigenvalue weighted by molar-refractivity contribution is 7.99. The Bertz CT molecular complexity index is 1390. The Balaban J connectivity index is 1.43. The highest BCUT2D eigenvalue weighted by Crippen LogP contribution is 2.31. The second kappa shape index (κ2) is 9.29. The van der Waals surface area contributed by atoms with Crippen molar-refractivity contribution in [3.05, 3.63) is 93.7 Å². The largest absolute Gasteiger partial charge is 0.486 e. The lowest BCUT2D eigenvalue weighted by atomic mass is 10.1. The van der Waals surface area contributed by atoms with Gasteiger partial charge in [0.2, 0.25) is 0 Å². The summed E-state index contributed by atoms with van der Waals surface area (Å²) in [6, 6.07) is 21.4. The number of ether oxygens (including phenoxy) is 2. The molecule has 3 aromatic carbocycles. The van der Waals surface area contributed by atoms with Crippen LogP contribution < -0.4 is 15.0 Å². The van der Waals surface area contributed by atoms with E-state index < -0.39 is 0 Å². The number of fused-ring (bicyclic) bond motifs is 2. The Labute approximate surface area is 199 Å². The van der Waals surface area contributed by atoms with Gasteiger partial charge in [-0.1, -0.05) is 47.6 Å². The van der Waals surface area contributed by atoms with Crippen LogP contribution in [0.1, 0.15) is 10.4 Å². The number of benzene rings is 3. The predicted octanol–water partition coefficient (Wildman–Crippen LogP) is 4.86. The molecule has 1 atom stereocenters. The fourth-order valence-corrected chi connectivity index (χ4v) is 4.65. The van der Waals surface area contributed by atoms with Gasteiger partial charge in [0.25, 0.3) is 5.56 Å². The summed E-state index contributed by atoms with van der Waals surface area (Å²) in [6.07, 6.45) is -0.369. The molecule has 4 aromatic rings. The number of thioether (sulfide) groups is 1. The molecule has 1 aromatic heterocycles. The summed E-state index contributed by atoms with van der Waals surface area (Å²) < 4.78 is 13.4. The summed E-state index contributed by atoms with van der Waals surface area (Å²) in [6.45, 7) is 0.562. The number of rotatable bonds is 6. The molecule has 0 bridgehead atoms. The summed E-state index contributed by atoms with van der Waals surface area (Å²) in [7, 11) is 0. The molecule has 33 heavy (non-hydrogen) atoms. The zero-order valence-electron chi connectivity index (χ0n) is 17.4. The second-order valence-corrected chi connectivity index (χ2v) is 8.92. The molecule has 0 unspecified atom stereocenters. The van der Waals surface area contributed by atoms with Crippen LogP contribution in [0.25, 0.3) is 10.9 Å². The van der Waals surface area contributed by atoms with E-state index in [9.17, 15) is 9.59 Å². The normalized spacial score (nSPS) is 14.9. The molecular weight excluding hydrogens is 460 g/mol. The molecule has 166 valence electrons. The molecule has 6 nitrogen and oxygen atoms in total. The topological polar surface area (TPSA) is 70.4 Å². The SMILES string of the molecule is O=C(CSc1nc2ccccc2c(=O)n1C[C@@H]1COc2ccccc2O1)c1ccc(Cl)cc1. The minimum atomic E-state index is -0.369. The average molecular weight is 479 g/mol. The van der Waals surface area contributed by atoms with Gasteiger partial charge in [0.05, 0.1) is 23.2 Å². The summed E-state index contributed by atoms with van der Waals surface area (Å²) in [4.78, 5) is 30.7. The molecule has 0 aliphatic carbocycles. The maximum Gasteiger partial charge on any atom is 0.262 e. The predicted molar refractivity (Wildman–Crippen MR) is 129 cm³/mol. The van der Waals surface area contributed by atoms with E-state index in [1.807, 2.05) is 36.4 Å². The first-order chi connectivity index (χ1) is 16.1. The monoisotopic (exact) mass is 478 g/mol. The number of carbonyl (C=O) groups excluding carboxylic acids is 1. The van der Waals surface area contributed by atoms with Crippen molar-refractivity contribution in [3.63, 3.8) is 0 Å². The lowest BCUT2D eigenvalue weighted by Gasteiger charge is -2.27. The van der Waals surface area contributed by atoms with Crippen LogP contribution in [0.15, 0.2) is 82.7 Å². The fourth-order valence-electron chi connectivity index (χ4n) is 3.62. The molecule has 0 saturated heterocycles. The van der Waals surface area contributed by atoms with Gasteiger partial charge in [-0.2, -0.15) is 0 Å². The second-order valence-electron chi connectivity index (χ2n) is 7.54. The maximum absolute atomic E-state index is 13.3. The molecule has 0 radical (unpaired) electrons. The van der Waals surface area contributed by atoms with E-state index in [1.54, 1.807) is 41.0 Å². The lowest BCUT2D eigenvalue weighted by molar-refractivity contribution is 0.0757. The molecule has 0 saturated carbocycles. The number of hydrogen-bond donors (Lipinski definition) is 0. The van der Waals surface area contributed by atoms with Crippen LogP contribution in [-0.2, 0) is 6.54 Å². The Morgan fingerprint density at radius 3 is 2.58 bits per heavy atom. The number of nitrogens with zero attached hydrogens (tertiary/aromatic N) is 2. The highest BCUT2D eigenvalue weighted by atomic mass is 35.5. The van der Waals surface area contributed by atoms with E-state index in [2.05, 4.69) is 4.98 Å². The van der Waals surface area contributed by atoms with Crippen LogP contribution in [0, 0.1) is 0 Å². The van der Waals surface area contributed by atoms with Crippen LogP contribution in [0.5, 0.6) is 11.5 Å². The van der Waals surface area contributed by atoms with E-state index in [1.165, 1.54) is 11.8 Å². The third kappa shape index (κ3) is 4.60. The van der Waals surface area contributed by atoms with Gasteiger partial charge in [0, 0.05) is 10.6 Å². The van der Waals surface area contributed by atoms with Gasteiger partial charge >= 0.3 is 0 Å². The van der Waals surface area contributed by atoms with Crippen LogP contribution in [0.3, 0.4) is 0 Å². The summed E-state index contributed by atoms with van der Waals surface area (Å²) >= 11 is 7.15. The molecular formula is C25H19ClN2O4S. The van der Waals surface area contributed by atoms with E-state index in [0.717, 1.165) is 0 Å². The first kappa shape index (κ1) is 21.6. The van der Waals surface area contributed by atoms with E-state index in [4.69, 9.17) is 21.1 Å². The number of halogens is 1. The van der Waals surface area contributed by atoms with E-state index >= 15 is 0 Å². The molecule has 0 amide bonds. The van der Waals surface area contributed by atoms with Crippen LogP contribution in [0.4, 0.5) is 0 Å². The van der Waals surface area contributed by atoms with Gasteiger partial charge in [0.15, 0.2) is 28.5 Å². The van der Waals surface area contributed by atoms with Crippen molar-refractivity contribution in [1.29, 1.82) is 0 Å². The average Bonchev–Trinajstić information content (AvgIpc) is 2.85. The number of carbonyl (C=O) groups is 1. The number of ketones is 1. The van der Waals surface area contributed by atoms with Crippen molar-refractivity contribution < 1.29 is 14.3 Å². The van der Waals surface area contributed by atoms with Crippen molar-refractivity contribution in [2.45, 2.75) is 17.8 Å². The molecule has 5 rings (SSSR count). The number of para-hydroxylation sites is 3. The maximum atomic E-state index is 13.3. The first-order valence-corrected chi connectivity index (χ1v) is 11.7. The van der Waals surface area contributed by atoms with Gasteiger partial charge in [-0.25, -0.2) is 4.98 Å². The Morgan fingerprint density at radius 1 is 1.03 bits per heavy atom. The van der Waals surface area contributed by atoms with Crippen molar-refractivity contribution in [1.82, 2.24) is 9.55 Å². The molecule has 1 aliphatic rings. The van der Waals surface area contributed by atoms with Crippen molar-refractivity contribution >= 4 is 40.0 Å². The van der Waals surface area contributed by atoms with Crippen LogP contribution >= 0.6 is 23.4 Å². The van der Waals surface area contributed by atoms with Crippen LogP contribution in [-0.4, -0.2) is 33.8 Å². The lowest BCUT2D eigenvalue weighted by Crippen LogP contribution is -2.37. The van der Waals surface area contributed by atoms with Gasteiger partial charge < -0.3 is 9.47 Å². The molecule has 0 fully saturated rings. The summed E-state index contributed by atoms with van der Waals surface area (Å²) in [5.74, 6) is 1.39. The summed E-state index contributed by atoms with van der Waals surface area (Å²) in [5.41, 5.74) is 0.970. The standard InChI is InChI=1S/C25H19ClN2O4S/c26-17-11-9-16(10-12-17)21(29)15-33-25-27-20-6-2-1-5-19(20)24(30)28(25)13-18-14-31-22-7-3-4-8-23(22)32-18/h1-12,18H,13-15H2/t18-/m1/s1. The van der Waals surface area contributed by atoms with Crippen molar-refractivity contribution in [2.75, 3.05) is 12.4 Å². The Kier molecular flexibility index (Phi) is 6.07. The van der Waals surface area contributed by atoms with Gasteiger partial charge in [-0.05, 0) is 48.5 Å². The van der Waals surface area contributed by atoms with Crippen molar-refractivity contribution in [3.8, 4) is 11.5 Å². The van der Waals surface area contributed by atoms with Crippen molar-refractivity contribution in [2.24, 2.45) is 0 Å². The molecule has 2 heterocycles. The zero-order valence-corrected chi connectivity index (χ0v) is 19.0. The smallest absolute Gasteiger partial charge is 0.262 e. The van der Waals surface area contributed by atoms with Gasteiger partial charge in [-0.15, -0.1) is 0 Å². The zero-order chi connectivity index (χ0) is 22.8. The Morgan fingerprint density at radius 2 is 1.76 bits per heavy atom. The summed E-state index contributed by atoms with van der Waals surface area (Å²) in [5, 5.41) is 1.55. The quantitative estimate of drug-likeness (QED) is 0.224. The minimum absolute atomic E-state index is 0.0724. The van der Waals surface area contributed by atoms with E-state index in [-0.39, 0.29) is 29.7 Å². The van der Waals surface area contributed by atoms with Gasteiger partial charge in [0.1, 0.15) is 6.61 Å². The minimum Gasteiger partial charge on any atom is -0.486 e. The molecule has 1 aliphatic heterocycles. The van der Waals surface area contributed by atoms with Crippen LogP contribution in [0.2, 0.25) is 5.02 Å².